The number of imidazole rings is 1. The van der Waals surface area contributed by atoms with E-state index in [0.29, 0.717) is 12.3 Å². The number of thiazole rings is 1. The molecule has 1 aliphatic rings. The Morgan fingerprint density at radius 2 is 1.69 bits per heavy atom. The van der Waals surface area contributed by atoms with Crippen molar-refractivity contribution in [2.45, 2.75) is 26.8 Å². The van der Waals surface area contributed by atoms with Gasteiger partial charge in [-0.25, -0.2) is 4.98 Å². The van der Waals surface area contributed by atoms with Crippen LogP contribution < -0.4 is 9.47 Å². The second-order valence-corrected chi connectivity index (χ2v) is 10.5. The molecule has 5 rings (SSSR count). The first kappa shape index (κ1) is 23.6. The Labute approximate surface area is 209 Å². The molecule has 1 saturated heterocycles. The molecule has 2 aromatic heterocycles. The fourth-order valence-corrected chi connectivity index (χ4v) is 5.78. The number of rotatable bonds is 7. The van der Waals surface area contributed by atoms with E-state index in [1.54, 1.807) is 25.6 Å². The summed E-state index contributed by atoms with van der Waals surface area (Å²) < 4.78 is 14.2. The zero-order valence-electron chi connectivity index (χ0n) is 20.8. The number of nitrogens with zero attached hydrogens (tertiary/aromatic N) is 4. The number of piperazine rings is 1. The Hall–Kier alpha value is -3.10. The topological polar surface area (TPSA) is 59.3 Å². The number of fused-ring (bicyclic) bond motifs is 3. The molecule has 184 valence electrons. The van der Waals surface area contributed by atoms with E-state index in [9.17, 15) is 4.79 Å². The van der Waals surface area contributed by atoms with Crippen molar-refractivity contribution in [1.82, 2.24) is 19.2 Å². The highest BCUT2D eigenvalue weighted by atomic mass is 32.1. The van der Waals surface area contributed by atoms with Crippen molar-refractivity contribution in [3.05, 3.63) is 48.2 Å². The molecule has 0 N–H and O–H groups in total. The monoisotopic (exact) mass is 492 g/mol. The molecular formula is C27H32N4O3S. The van der Waals surface area contributed by atoms with Gasteiger partial charge in [-0.2, -0.15) is 0 Å². The minimum absolute atomic E-state index is 0.267. The first-order valence-electron chi connectivity index (χ1n) is 12.1. The second kappa shape index (κ2) is 9.87. The van der Waals surface area contributed by atoms with E-state index in [0.717, 1.165) is 70.7 Å². The molecule has 0 spiro atoms. The minimum atomic E-state index is 0.267. The molecule has 1 amide bonds. The van der Waals surface area contributed by atoms with Crippen LogP contribution in [0.3, 0.4) is 0 Å². The lowest BCUT2D eigenvalue weighted by Gasteiger charge is -2.35. The standard InChI is InChI=1S/C27H32N4O3S/c1-18(2)15-25(32)30-13-11-29(12-14-30)17-23-26(19-5-7-20(33-3)8-6-19)28-27-31(23)22-10-9-21(34-4)16-24(22)35-27/h5-10,16,18H,11-15,17H2,1-4H3. The molecule has 1 fully saturated rings. The summed E-state index contributed by atoms with van der Waals surface area (Å²) in [6, 6.07) is 14.3. The molecule has 0 radical (unpaired) electrons. The van der Waals surface area contributed by atoms with Crippen LogP contribution in [0.1, 0.15) is 26.0 Å². The van der Waals surface area contributed by atoms with Gasteiger partial charge in [0, 0.05) is 44.7 Å². The summed E-state index contributed by atoms with van der Waals surface area (Å²) in [5.74, 6) is 2.33. The van der Waals surface area contributed by atoms with Crippen LogP contribution in [-0.4, -0.2) is 65.5 Å². The molecule has 2 aromatic carbocycles. The van der Waals surface area contributed by atoms with Gasteiger partial charge in [-0.05, 0) is 48.4 Å². The third-order valence-electron chi connectivity index (χ3n) is 6.60. The molecule has 0 saturated carbocycles. The summed E-state index contributed by atoms with van der Waals surface area (Å²) in [6.07, 6.45) is 0.620. The number of hydrogen-bond acceptors (Lipinski definition) is 6. The molecule has 8 heteroatoms. The maximum Gasteiger partial charge on any atom is 0.222 e. The maximum absolute atomic E-state index is 12.5. The van der Waals surface area contributed by atoms with E-state index in [2.05, 4.69) is 47.4 Å². The molecular weight excluding hydrogens is 460 g/mol. The molecule has 0 bridgehead atoms. The van der Waals surface area contributed by atoms with E-state index >= 15 is 0 Å². The van der Waals surface area contributed by atoms with Crippen LogP contribution in [0.4, 0.5) is 0 Å². The van der Waals surface area contributed by atoms with Gasteiger partial charge in [-0.1, -0.05) is 25.2 Å². The summed E-state index contributed by atoms with van der Waals surface area (Å²) in [7, 11) is 3.37. The summed E-state index contributed by atoms with van der Waals surface area (Å²) in [5.41, 5.74) is 4.38. The van der Waals surface area contributed by atoms with E-state index in [-0.39, 0.29) is 5.91 Å². The third kappa shape index (κ3) is 4.73. The summed E-state index contributed by atoms with van der Waals surface area (Å²) in [4.78, 5) is 23.0. The number of amides is 1. The highest BCUT2D eigenvalue weighted by molar-refractivity contribution is 7.23. The molecule has 3 heterocycles. The Balaban J connectivity index is 1.48. The van der Waals surface area contributed by atoms with Crippen LogP contribution in [0, 0.1) is 5.92 Å². The van der Waals surface area contributed by atoms with Gasteiger partial charge in [0.1, 0.15) is 11.5 Å². The number of ether oxygens (including phenoxy) is 2. The fourth-order valence-electron chi connectivity index (χ4n) is 4.71. The highest BCUT2D eigenvalue weighted by Gasteiger charge is 2.25. The number of carbonyl (C=O) groups excluding carboxylic acids is 1. The molecule has 7 nitrogen and oxygen atoms in total. The van der Waals surface area contributed by atoms with Gasteiger partial charge in [0.15, 0.2) is 4.96 Å². The average molecular weight is 493 g/mol. The normalized spacial score (nSPS) is 14.8. The van der Waals surface area contributed by atoms with Crippen LogP contribution in [0.25, 0.3) is 26.4 Å². The lowest BCUT2D eigenvalue weighted by Crippen LogP contribution is -2.48. The average Bonchev–Trinajstić information content (AvgIpc) is 3.40. The van der Waals surface area contributed by atoms with Gasteiger partial charge >= 0.3 is 0 Å². The number of hydrogen-bond donors (Lipinski definition) is 0. The van der Waals surface area contributed by atoms with Gasteiger partial charge in [0.2, 0.25) is 5.91 Å². The molecule has 0 atom stereocenters. The van der Waals surface area contributed by atoms with Gasteiger partial charge in [0.05, 0.1) is 35.8 Å². The Kier molecular flexibility index (Phi) is 6.67. The van der Waals surface area contributed by atoms with E-state index in [1.807, 2.05) is 23.1 Å². The van der Waals surface area contributed by atoms with Gasteiger partial charge in [-0.15, -0.1) is 0 Å². The van der Waals surface area contributed by atoms with Crippen LogP contribution in [-0.2, 0) is 11.3 Å². The Morgan fingerprint density at radius 1 is 1.00 bits per heavy atom. The lowest BCUT2D eigenvalue weighted by molar-refractivity contribution is -0.133. The van der Waals surface area contributed by atoms with Crippen molar-refractivity contribution in [3.63, 3.8) is 0 Å². The molecule has 1 aliphatic heterocycles. The summed E-state index contributed by atoms with van der Waals surface area (Å²) in [5, 5.41) is 0. The highest BCUT2D eigenvalue weighted by Crippen LogP contribution is 2.35. The number of methoxy groups -OCH3 is 2. The van der Waals surface area contributed by atoms with Crippen LogP contribution in [0.15, 0.2) is 42.5 Å². The SMILES string of the molecule is COc1ccc(-c2nc3sc4cc(OC)ccc4n3c2CN2CCN(C(=O)CC(C)C)CC2)cc1. The maximum atomic E-state index is 12.5. The Bertz CT molecular complexity index is 1330. The first-order chi connectivity index (χ1) is 17.0. The van der Waals surface area contributed by atoms with Gasteiger partial charge in [-0.3, -0.25) is 14.1 Å². The molecule has 4 aromatic rings. The van der Waals surface area contributed by atoms with Crippen molar-refractivity contribution in [3.8, 4) is 22.8 Å². The predicted molar refractivity (Wildman–Crippen MR) is 140 cm³/mol. The van der Waals surface area contributed by atoms with E-state index < -0.39 is 0 Å². The smallest absolute Gasteiger partial charge is 0.222 e. The van der Waals surface area contributed by atoms with E-state index in [1.165, 1.54) is 5.69 Å². The number of carbonyl (C=O) groups is 1. The van der Waals surface area contributed by atoms with Crippen molar-refractivity contribution in [2.75, 3.05) is 40.4 Å². The van der Waals surface area contributed by atoms with Crippen LogP contribution in [0.5, 0.6) is 11.5 Å². The number of aromatic nitrogens is 2. The summed E-state index contributed by atoms with van der Waals surface area (Å²) in [6.45, 7) is 8.22. The fraction of sp³-hybridized carbons (Fsp3) is 0.407. The number of benzene rings is 2. The quantitative estimate of drug-likeness (QED) is 0.366. The first-order valence-corrected chi connectivity index (χ1v) is 12.9. The second-order valence-electron chi connectivity index (χ2n) is 9.44. The van der Waals surface area contributed by atoms with Crippen molar-refractivity contribution < 1.29 is 14.3 Å². The molecule has 0 aliphatic carbocycles. The molecule has 35 heavy (non-hydrogen) atoms. The lowest BCUT2D eigenvalue weighted by atomic mass is 10.1. The van der Waals surface area contributed by atoms with Crippen molar-refractivity contribution in [1.29, 1.82) is 0 Å². The predicted octanol–water partition coefficient (Wildman–Crippen LogP) is 4.92. The zero-order valence-corrected chi connectivity index (χ0v) is 21.6. The van der Waals surface area contributed by atoms with E-state index in [4.69, 9.17) is 14.5 Å². The third-order valence-corrected chi connectivity index (χ3v) is 7.60. The van der Waals surface area contributed by atoms with Gasteiger partial charge < -0.3 is 14.4 Å². The zero-order chi connectivity index (χ0) is 24.5. The summed E-state index contributed by atoms with van der Waals surface area (Å²) >= 11 is 1.68. The van der Waals surface area contributed by atoms with Crippen molar-refractivity contribution in [2.24, 2.45) is 5.92 Å². The minimum Gasteiger partial charge on any atom is -0.497 e. The molecule has 0 unspecified atom stereocenters. The van der Waals surface area contributed by atoms with Crippen LogP contribution in [0.2, 0.25) is 0 Å². The largest absolute Gasteiger partial charge is 0.497 e. The van der Waals surface area contributed by atoms with Crippen LogP contribution >= 0.6 is 11.3 Å². The Morgan fingerprint density at radius 3 is 2.34 bits per heavy atom. The van der Waals surface area contributed by atoms with Crippen molar-refractivity contribution >= 4 is 32.4 Å². The van der Waals surface area contributed by atoms with Gasteiger partial charge in [0.25, 0.3) is 0 Å².